The Morgan fingerprint density at radius 2 is 2.17 bits per heavy atom. The number of carbonyl (C=O) groups excluding carboxylic acids is 1. The Morgan fingerprint density at radius 3 is 2.79 bits per heavy atom. The summed E-state index contributed by atoms with van der Waals surface area (Å²) >= 11 is 0. The number of sulfonamides is 1. The number of nitrogens with zero attached hydrogens (tertiary/aromatic N) is 3. The van der Waals surface area contributed by atoms with Gasteiger partial charge in [-0.15, -0.1) is 0 Å². The zero-order valence-corrected chi connectivity index (χ0v) is 14.3. The number of carbonyl (C=O) groups is 1. The van der Waals surface area contributed by atoms with Gasteiger partial charge in [-0.3, -0.25) is 9.10 Å². The van der Waals surface area contributed by atoms with Crippen LogP contribution in [0, 0.1) is 13.8 Å². The third kappa shape index (κ3) is 3.40. The van der Waals surface area contributed by atoms with Crippen molar-refractivity contribution in [2.45, 2.75) is 26.7 Å². The molecule has 1 aromatic heterocycles. The fourth-order valence-electron chi connectivity index (χ4n) is 2.58. The second-order valence-electron chi connectivity index (χ2n) is 5.70. The zero-order valence-electron chi connectivity index (χ0n) is 13.4. The molecule has 2 heterocycles. The average molecular weight is 350 g/mol. The van der Waals surface area contributed by atoms with Crippen molar-refractivity contribution in [3.05, 3.63) is 35.5 Å². The maximum atomic E-state index is 12.1. The Hall–Kier alpha value is -2.42. The quantitative estimate of drug-likeness (QED) is 0.894. The van der Waals surface area contributed by atoms with Crippen molar-refractivity contribution in [2.75, 3.05) is 21.9 Å². The van der Waals surface area contributed by atoms with Gasteiger partial charge in [0.05, 0.1) is 17.9 Å². The average Bonchev–Trinajstić information content (AvgIpc) is 3.06. The number of hydrogen-bond donors (Lipinski definition) is 1. The topological polar surface area (TPSA) is 105 Å². The van der Waals surface area contributed by atoms with Crippen molar-refractivity contribution in [2.24, 2.45) is 0 Å². The maximum Gasteiger partial charge on any atom is 0.235 e. The summed E-state index contributed by atoms with van der Waals surface area (Å²) in [7, 11) is -3.26. The lowest BCUT2D eigenvalue weighted by atomic mass is 10.1. The van der Waals surface area contributed by atoms with E-state index < -0.39 is 10.0 Å². The number of amides is 1. The Labute approximate surface area is 139 Å². The van der Waals surface area contributed by atoms with Crippen molar-refractivity contribution in [1.29, 1.82) is 0 Å². The smallest absolute Gasteiger partial charge is 0.235 e. The van der Waals surface area contributed by atoms with E-state index in [9.17, 15) is 13.2 Å². The molecule has 0 radical (unpaired) electrons. The molecule has 3 rings (SSSR count). The minimum absolute atomic E-state index is 0.0109. The molecule has 0 saturated carbocycles. The van der Waals surface area contributed by atoms with E-state index in [-0.39, 0.29) is 18.1 Å². The molecular weight excluding hydrogens is 332 g/mol. The summed E-state index contributed by atoms with van der Waals surface area (Å²) in [6, 6.07) is 5.21. The van der Waals surface area contributed by atoms with Crippen molar-refractivity contribution in [3.63, 3.8) is 0 Å². The summed E-state index contributed by atoms with van der Waals surface area (Å²) in [5.41, 5.74) is 1.97. The summed E-state index contributed by atoms with van der Waals surface area (Å²) in [4.78, 5) is 16.1. The van der Waals surface area contributed by atoms with E-state index >= 15 is 0 Å². The minimum Gasteiger partial charge on any atom is -0.340 e. The number of hydrogen-bond acceptors (Lipinski definition) is 6. The molecule has 1 saturated heterocycles. The van der Waals surface area contributed by atoms with Crippen LogP contribution in [-0.4, -0.2) is 36.8 Å². The Morgan fingerprint density at radius 1 is 1.38 bits per heavy atom. The maximum absolute atomic E-state index is 12.1. The molecule has 0 spiro atoms. The lowest BCUT2D eigenvalue weighted by Crippen LogP contribution is -2.25. The van der Waals surface area contributed by atoms with Gasteiger partial charge in [0.15, 0.2) is 5.82 Å². The second-order valence-corrected chi connectivity index (χ2v) is 7.71. The second kappa shape index (κ2) is 6.23. The van der Waals surface area contributed by atoms with Crippen LogP contribution in [0.3, 0.4) is 0 Å². The van der Waals surface area contributed by atoms with Crippen LogP contribution < -0.4 is 9.62 Å². The highest BCUT2D eigenvalue weighted by Crippen LogP contribution is 2.28. The molecule has 0 atom stereocenters. The van der Waals surface area contributed by atoms with Gasteiger partial charge in [-0.25, -0.2) is 8.42 Å². The van der Waals surface area contributed by atoms with Crippen LogP contribution in [0.5, 0.6) is 0 Å². The first-order valence-corrected chi connectivity index (χ1v) is 9.16. The molecule has 2 aromatic rings. The summed E-state index contributed by atoms with van der Waals surface area (Å²) in [5.74, 6) is 0.566. The Kier molecular flexibility index (Phi) is 4.27. The largest absolute Gasteiger partial charge is 0.340 e. The van der Waals surface area contributed by atoms with Crippen LogP contribution in [0.2, 0.25) is 0 Å². The van der Waals surface area contributed by atoms with E-state index in [4.69, 9.17) is 4.52 Å². The lowest BCUT2D eigenvalue weighted by Gasteiger charge is -2.19. The van der Waals surface area contributed by atoms with Crippen LogP contribution in [0.4, 0.5) is 11.4 Å². The summed E-state index contributed by atoms with van der Waals surface area (Å²) in [5, 5.41) is 6.46. The van der Waals surface area contributed by atoms with E-state index in [1.165, 1.54) is 4.31 Å². The van der Waals surface area contributed by atoms with Crippen LogP contribution in [0.1, 0.15) is 23.7 Å². The third-order valence-electron chi connectivity index (χ3n) is 3.77. The molecule has 128 valence electrons. The fraction of sp³-hybridized carbons (Fsp3) is 0.400. The Bertz CT molecular complexity index is 875. The molecule has 1 aliphatic rings. The molecule has 0 aliphatic carbocycles. The van der Waals surface area contributed by atoms with E-state index in [0.717, 1.165) is 5.56 Å². The molecule has 24 heavy (non-hydrogen) atoms. The van der Waals surface area contributed by atoms with Gasteiger partial charge in [-0.2, -0.15) is 4.98 Å². The standard InChI is InChI=1S/C15H18N4O4S/c1-10-4-5-12(19-6-3-7-24(19,21)22)8-13(10)17-15(20)9-14-16-11(2)23-18-14/h4-5,8H,3,6-7,9H2,1-2H3,(H,17,20). The molecule has 1 amide bonds. The summed E-state index contributed by atoms with van der Waals surface area (Å²) < 4.78 is 30.3. The highest BCUT2D eigenvalue weighted by atomic mass is 32.2. The molecule has 1 aromatic carbocycles. The number of anilines is 2. The zero-order chi connectivity index (χ0) is 17.3. The molecule has 9 heteroatoms. The van der Waals surface area contributed by atoms with Gasteiger partial charge < -0.3 is 9.84 Å². The first-order chi connectivity index (χ1) is 11.3. The van der Waals surface area contributed by atoms with E-state index in [2.05, 4.69) is 15.5 Å². The van der Waals surface area contributed by atoms with Crippen molar-refractivity contribution < 1.29 is 17.7 Å². The van der Waals surface area contributed by atoms with E-state index in [1.54, 1.807) is 25.1 Å². The van der Waals surface area contributed by atoms with Crippen LogP contribution in [0.25, 0.3) is 0 Å². The number of rotatable bonds is 4. The molecule has 8 nitrogen and oxygen atoms in total. The van der Waals surface area contributed by atoms with Gasteiger partial charge in [0, 0.05) is 19.2 Å². The summed E-state index contributed by atoms with van der Waals surface area (Å²) in [6.07, 6.45) is 0.595. The van der Waals surface area contributed by atoms with Gasteiger partial charge in [-0.1, -0.05) is 11.2 Å². The highest BCUT2D eigenvalue weighted by molar-refractivity contribution is 7.93. The lowest BCUT2D eigenvalue weighted by molar-refractivity contribution is -0.115. The number of nitrogens with one attached hydrogen (secondary N) is 1. The normalized spacial score (nSPS) is 16.3. The molecule has 1 fully saturated rings. The molecule has 1 aliphatic heterocycles. The van der Waals surface area contributed by atoms with Gasteiger partial charge in [-0.05, 0) is 31.0 Å². The van der Waals surface area contributed by atoms with Crippen LogP contribution in [0.15, 0.2) is 22.7 Å². The van der Waals surface area contributed by atoms with Gasteiger partial charge in [0.25, 0.3) is 0 Å². The predicted molar refractivity (Wildman–Crippen MR) is 88.3 cm³/mol. The van der Waals surface area contributed by atoms with Crippen LogP contribution in [-0.2, 0) is 21.2 Å². The predicted octanol–water partition coefficient (Wildman–Crippen LogP) is 1.41. The number of aromatic nitrogens is 2. The fourth-order valence-corrected chi connectivity index (χ4v) is 4.14. The number of aryl methyl sites for hydroxylation is 2. The van der Waals surface area contributed by atoms with Crippen LogP contribution >= 0.6 is 0 Å². The van der Waals surface area contributed by atoms with Crippen molar-refractivity contribution >= 4 is 27.3 Å². The molecule has 1 N–H and O–H groups in total. The Balaban J connectivity index is 1.78. The summed E-state index contributed by atoms with van der Waals surface area (Å²) in [6.45, 7) is 3.95. The van der Waals surface area contributed by atoms with Crippen molar-refractivity contribution in [3.8, 4) is 0 Å². The van der Waals surface area contributed by atoms with Crippen molar-refractivity contribution in [1.82, 2.24) is 10.1 Å². The van der Waals surface area contributed by atoms with E-state index in [0.29, 0.717) is 36.1 Å². The van der Waals surface area contributed by atoms with Gasteiger partial charge in [0.2, 0.25) is 21.8 Å². The third-order valence-corrected chi connectivity index (χ3v) is 5.64. The molecule has 0 bridgehead atoms. The minimum atomic E-state index is -3.26. The van der Waals surface area contributed by atoms with E-state index in [1.807, 2.05) is 6.92 Å². The first-order valence-electron chi connectivity index (χ1n) is 7.55. The number of benzene rings is 1. The molecule has 0 unspecified atom stereocenters. The highest BCUT2D eigenvalue weighted by Gasteiger charge is 2.28. The van der Waals surface area contributed by atoms with Gasteiger partial charge in [0.1, 0.15) is 0 Å². The van der Waals surface area contributed by atoms with Gasteiger partial charge >= 0.3 is 0 Å². The molecular formula is C15H18N4O4S. The first kappa shape index (κ1) is 16.4. The SMILES string of the molecule is Cc1nc(CC(=O)Nc2cc(N3CCCS3(=O)=O)ccc2C)no1. The monoisotopic (exact) mass is 350 g/mol.